The molecule has 1 aliphatic rings. The van der Waals surface area contributed by atoms with Gasteiger partial charge in [-0.15, -0.1) is 0 Å². The lowest BCUT2D eigenvalue weighted by Gasteiger charge is -2.25. The Balaban J connectivity index is 1.52. The van der Waals surface area contributed by atoms with Gasteiger partial charge < -0.3 is 14.4 Å². The summed E-state index contributed by atoms with van der Waals surface area (Å²) in [6.45, 7) is 3.67. The zero-order valence-electron chi connectivity index (χ0n) is 13.1. The smallest absolute Gasteiger partial charge is 0.154 e. The molecule has 1 saturated heterocycles. The molecule has 0 spiro atoms. The van der Waals surface area contributed by atoms with Crippen LogP contribution in [-0.4, -0.2) is 41.0 Å². The molecule has 1 aliphatic heterocycles. The van der Waals surface area contributed by atoms with E-state index in [0.717, 1.165) is 30.8 Å². The van der Waals surface area contributed by atoms with E-state index >= 15 is 0 Å². The molecule has 6 heteroatoms. The molecule has 2 heterocycles. The van der Waals surface area contributed by atoms with E-state index in [1.54, 1.807) is 24.3 Å². The van der Waals surface area contributed by atoms with Crippen LogP contribution < -0.4 is 4.74 Å². The topological polar surface area (TPSA) is 58.7 Å². The van der Waals surface area contributed by atoms with Crippen molar-refractivity contribution in [1.29, 1.82) is 0 Å². The fraction of sp³-hybridized carbons (Fsp3) is 0.471. The van der Waals surface area contributed by atoms with E-state index in [4.69, 9.17) is 20.9 Å². The van der Waals surface area contributed by atoms with E-state index in [1.807, 2.05) is 13.0 Å². The molecule has 1 aromatic carbocycles. The number of aryl methyl sites for hydroxylation is 1. The summed E-state index contributed by atoms with van der Waals surface area (Å²) >= 11 is 5.84. The summed E-state index contributed by atoms with van der Waals surface area (Å²) in [5.74, 6) is 1.59. The first-order chi connectivity index (χ1) is 11.1. The molecular weight excluding hydrogens is 316 g/mol. The van der Waals surface area contributed by atoms with E-state index in [0.29, 0.717) is 17.3 Å². The van der Waals surface area contributed by atoms with Crippen LogP contribution in [0.15, 0.2) is 34.9 Å². The Bertz CT molecular complexity index is 629. The van der Waals surface area contributed by atoms with Crippen molar-refractivity contribution in [3.05, 3.63) is 46.8 Å². The summed E-state index contributed by atoms with van der Waals surface area (Å²) in [4.78, 5) is 2.23. The Morgan fingerprint density at radius 3 is 2.91 bits per heavy atom. The van der Waals surface area contributed by atoms with Crippen molar-refractivity contribution in [3.63, 3.8) is 0 Å². The number of benzene rings is 1. The fourth-order valence-corrected chi connectivity index (χ4v) is 3.08. The summed E-state index contributed by atoms with van der Waals surface area (Å²) in [6, 6.07) is 9.30. The highest BCUT2D eigenvalue weighted by molar-refractivity contribution is 6.30. The molecule has 1 aromatic heterocycles. The molecule has 0 radical (unpaired) electrons. The lowest BCUT2D eigenvalue weighted by Crippen LogP contribution is -2.35. The minimum absolute atomic E-state index is 0.196. The minimum Gasteiger partial charge on any atom is -0.491 e. The van der Waals surface area contributed by atoms with E-state index < -0.39 is 6.10 Å². The van der Waals surface area contributed by atoms with E-state index in [-0.39, 0.29) is 12.6 Å². The van der Waals surface area contributed by atoms with Crippen molar-refractivity contribution < 1.29 is 14.4 Å². The standard InChI is InChI=1S/C17H21ClN2O3/c1-12-9-17(23-19-12)16-3-2-8-20(16)10-14(21)11-22-15-6-4-13(18)5-7-15/h4-7,9,14,16,21H,2-3,8,10-11H2,1H3/t14-,16-/m0/s1. The molecule has 0 bridgehead atoms. The number of aliphatic hydroxyl groups is 1. The summed E-state index contributed by atoms with van der Waals surface area (Å²) in [5, 5.41) is 14.9. The van der Waals surface area contributed by atoms with Crippen LogP contribution in [0.3, 0.4) is 0 Å². The molecule has 5 nitrogen and oxygen atoms in total. The maximum absolute atomic E-state index is 10.3. The average Bonchev–Trinajstić information content (AvgIpc) is 3.15. The second-order valence-electron chi connectivity index (χ2n) is 5.94. The van der Waals surface area contributed by atoms with Gasteiger partial charge in [-0.05, 0) is 50.6 Å². The van der Waals surface area contributed by atoms with Crippen LogP contribution in [0.2, 0.25) is 5.02 Å². The molecule has 2 aromatic rings. The minimum atomic E-state index is -0.560. The van der Waals surface area contributed by atoms with E-state index in [1.165, 1.54) is 0 Å². The number of aromatic nitrogens is 1. The van der Waals surface area contributed by atoms with Crippen LogP contribution in [-0.2, 0) is 0 Å². The molecular formula is C17H21ClN2O3. The number of hydrogen-bond donors (Lipinski definition) is 1. The third-order valence-electron chi connectivity index (χ3n) is 4.04. The number of likely N-dealkylation sites (tertiary alicyclic amines) is 1. The van der Waals surface area contributed by atoms with Gasteiger partial charge in [-0.25, -0.2) is 0 Å². The molecule has 23 heavy (non-hydrogen) atoms. The summed E-state index contributed by atoms with van der Waals surface area (Å²) in [7, 11) is 0. The molecule has 3 rings (SSSR count). The quantitative estimate of drug-likeness (QED) is 0.877. The van der Waals surface area contributed by atoms with Gasteiger partial charge in [-0.3, -0.25) is 4.90 Å². The van der Waals surface area contributed by atoms with E-state index in [9.17, 15) is 5.11 Å². The predicted octanol–water partition coefficient (Wildman–Crippen LogP) is 3.21. The van der Waals surface area contributed by atoms with Gasteiger partial charge in [0.05, 0.1) is 11.7 Å². The lowest BCUT2D eigenvalue weighted by molar-refractivity contribution is 0.0598. The first-order valence-electron chi connectivity index (χ1n) is 7.85. The molecule has 0 unspecified atom stereocenters. The number of ether oxygens (including phenoxy) is 1. The molecule has 1 fully saturated rings. The third-order valence-corrected chi connectivity index (χ3v) is 4.29. The van der Waals surface area contributed by atoms with Crippen molar-refractivity contribution in [1.82, 2.24) is 10.1 Å². The normalized spacial score (nSPS) is 19.9. The number of β-amino-alcohol motifs (C(OH)–C–C–N with tert-alkyl or cyclic N) is 1. The van der Waals surface area contributed by atoms with Gasteiger partial charge in [-0.1, -0.05) is 16.8 Å². The third kappa shape index (κ3) is 4.25. The molecule has 2 atom stereocenters. The zero-order valence-corrected chi connectivity index (χ0v) is 13.9. The Kier molecular flexibility index (Phi) is 5.20. The van der Waals surface area contributed by atoms with E-state index in [2.05, 4.69) is 10.1 Å². The molecule has 1 N–H and O–H groups in total. The average molecular weight is 337 g/mol. The van der Waals surface area contributed by atoms with Gasteiger partial charge in [0.25, 0.3) is 0 Å². The van der Waals surface area contributed by atoms with Crippen LogP contribution in [0.5, 0.6) is 5.75 Å². The number of halogens is 1. The van der Waals surface area contributed by atoms with Gasteiger partial charge in [0.1, 0.15) is 18.5 Å². The summed E-state index contributed by atoms with van der Waals surface area (Å²) in [6.07, 6.45) is 1.56. The molecule has 124 valence electrons. The Morgan fingerprint density at radius 2 is 2.22 bits per heavy atom. The van der Waals surface area contributed by atoms with Gasteiger partial charge in [0, 0.05) is 17.6 Å². The highest BCUT2D eigenvalue weighted by atomic mass is 35.5. The van der Waals surface area contributed by atoms with Crippen LogP contribution in [0.25, 0.3) is 0 Å². The second kappa shape index (κ2) is 7.34. The Morgan fingerprint density at radius 1 is 1.43 bits per heavy atom. The highest BCUT2D eigenvalue weighted by Crippen LogP contribution is 2.32. The van der Waals surface area contributed by atoms with Crippen LogP contribution >= 0.6 is 11.6 Å². The molecule has 0 amide bonds. The van der Waals surface area contributed by atoms with Gasteiger partial charge in [0.2, 0.25) is 0 Å². The lowest BCUT2D eigenvalue weighted by atomic mass is 10.1. The van der Waals surface area contributed by atoms with Crippen molar-refractivity contribution in [2.24, 2.45) is 0 Å². The van der Waals surface area contributed by atoms with Crippen molar-refractivity contribution in [2.75, 3.05) is 19.7 Å². The van der Waals surface area contributed by atoms with Gasteiger partial charge in [-0.2, -0.15) is 0 Å². The number of aliphatic hydroxyl groups excluding tert-OH is 1. The maximum Gasteiger partial charge on any atom is 0.154 e. The van der Waals surface area contributed by atoms with Crippen molar-refractivity contribution in [2.45, 2.75) is 31.9 Å². The van der Waals surface area contributed by atoms with Crippen molar-refractivity contribution in [3.8, 4) is 5.75 Å². The summed E-state index contributed by atoms with van der Waals surface area (Å²) < 4.78 is 11.0. The van der Waals surface area contributed by atoms with Gasteiger partial charge in [0.15, 0.2) is 5.76 Å². The second-order valence-corrected chi connectivity index (χ2v) is 6.38. The maximum atomic E-state index is 10.3. The van der Waals surface area contributed by atoms with Crippen LogP contribution in [0.4, 0.5) is 0 Å². The molecule has 0 aliphatic carbocycles. The highest BCUT2D eigenvalue weighted by Gasteiger charge is 2.30. The number of rotatable bonds is 6. The first kappa shape index (κ1) is 16.3. The van der Waals surface area contributed by atoms with Crippen LogP contribution in [0.1, 0.15) is 30.3 Å². The SMILES string of the molecule is Cc1cc([C@@H]2CCCN2C[C@H](O)COc2ccc(Cl)cc2)on1. The van der Waals surface area contributed by atoms with Crippen LogP contribution in [0, 0.1) is 6.92 Å². The first-order valence-corrected chi connectivity index (χ1v) is 8.23. The number of nitrogens with zero attached hydrogens (tertiary/aromatic N) is 2. The Hall–Kier alpha value is -1.56. The van der Waals surface area contributed by atoms with Gasteiger partial charge >= 0.3 is 0 Å². The van der Waals surface area contributed by atoms with Crippen molar-refractivity contribution >= 4 is 11.6 Å². The number of hydrogen-bond acceptors (Lipinski definition) is 5. The Labute approximate surface area is 140 Å². The summed E-state index contributed by atoms with van der Waals surface area (Å²) in [5.41, 5.74) is 0.887. The fourth-order valence-electron chi connectivity index (χ4n) is 2.95. The zero-order chi connectivity index (χ0) is 16.2. The monoisotopic (exact) mass is 336 g/mol. The largest absolute Gasteiger partial charge is 0.491 e. The molecule has 0 saturated carbocycles. The predicted molar refractivity (Wildman–Crippen MR) is 87.7 cm³/mol.